The largest absolute Gasteiger partial charge is 0.366 e. The molecule has 1 aromatic carbocycles. The minimum absolute atomic E-state index is 0.778. The molecule has 0 unspecified atom stereocenters. The van der Waals surface area contributed by atoms with Gasteiger partial charge in [0.15, 0.2) is 0 Å². The second-order valence-corrected chi connectivity index (χ2v) is 6.02. The number of aryl methyl sites for hydroxylation is 1. The summed E-state index contributed by atoms with van der Waals surface area (Å²) < 4.78 is 0. The van der Waals surface area contributed by atoms with E-state index >= 15 is 0 Å². The number of aromatic nitrogens is 2. The van der Waals surface area contributed by atoms with E-state index in [2.05, 4.69) is 69.3 Å². The second kappa shape index (κ2) is 7.42. The number of hydrogen-bond acceptors (Lipinski definition) is 5. The van der Waals surface area contributed by atoms with E-state index in [-0.39, 0.29) is 0 Å². The number of piperazine rings is 1. The van der Waals surface area contributed by atoms with Crippen molar-refractivity contribution in [3.05, 3.63) is 47.8 Å². The zero-order valence-electron chi connectivity index (χ0n) is 14.0. The van der Waals surface area contributed by atoms with Crippen molar-refractivity contribution in [2.24, 2.45) is 0 Å². The Bertz CT molecular complexity index is 618. The highest BCUT2D eigenvalue weighted by Gasteiger charge is 2.17. The van der Waals surface area contributed by atoms with Crippen molar-refractivity contribution in [2.75, 3.05) is 42.9 Å². The first kappa shape index (κ1) is 15.7. The Morgan fingerprint density at radius 1 is 1.04 bits per heavy atom. The number of rotatable bonds is 5. The Balaban J connectivity index is 1.60. The number of likely N-dealkylation sites (N-methyl/N-ethyl adjacent to an activating group) is 1. The molecular weight excluding hydrogens is 286 g/mol. The summed E-state index contributed by atoms with van der Waals surface area (Å²) in [5, 5.41) is 3.39. The molecule has 0 saturated carbocycles. The van der Waals surface area contributed by atoms with Crippen LogP contribution >= 0.6 is 0 Å². The molecule has 0 spiro atoms. The summed E-state index contributed by atoms with van der Waals surface area (Å²) in [5.74, 6) is 1.90. The predicted octanol–water partition coefficient (Wildman–Crippen LogP) is 2.54. The maximum Gasteiger partial charge on any atom is 0.134 e. The van der Waals surface area contributed by atoms with Crippen LogP contribution in [-0.2, 0) is 6.54 Å². The van der Waals surface area contributed by atoms with Crippen LogP contribution in [0.2, 0.25) is 0 Å². The topological polar surface area (TPSA) is 44.3 Å². The van der Waals surface area contributed by atoms with E-state index in [1.54, 1.807) is 6.33 Å². The molecule has 1 aromatic heterocycles. The van der Waals surface area contributed by atoms with Gasteiger partial charge in [0, 0.05) is 38.8 Å². The highest BCUT2D eigenvalue weighted by molar-refractivity contribution is 5.49. The second-order valence-electron chi connectivity index (χ2n) is 6.02. The van der Waals surface area contributed by atoms with Gasteiger partial charge in [0.1, 0.15) is 18.0 Å². The smallest absolute Gasteiger partial charge is 0.134 e. The molecule has 0 bridgehead atoms. The van der Waals surface area contributed by atoms with Gasteiger partial charge < -0.3 is 15.1 Å². The van der Waals surface area contributed by atoms with Crippen LogP contribution < -0.4 is 10.2 Å². The summed E-state index contributed by atoms with van der Waals surface area (Å²) in [4.78, 5) is 13.6. The number of hydrogen-bond donors (Lipinski definition) is 1. The van der Waals surface area contributed by atoms with Crippen molar-refractivity contribution in [1.29, 1.82) is 0 Å². The quantitative estimate of drug-likeness (QED) is 0.919. The van der Waals surface area contributed by atoms with Crippen LogP contribution in [0.1, 0.15) is 18.1 Å². The Kier molecular flexibility index (Phi) is 5.08. The molecule has 1 aliphatic rings. The zero-order valence-corrected chi connectivity index (χ0v) is 14.0. The van der Waals surface area contributed by atoms with Crippen LogP contribution in [0.5, 0.6) is 0 Å². The number of nitrogens with one attached hydrogen (secondary N) is 1. The summed E-state index contributed by atoms with van der Waals surface area (Å²) in [6.07, 6.45) is 1.65. The molecule has 1 saturated heterocycles. The summed E-state index contributed by atoms with van der Waals surface area (Å²) in [6.45, 7) is 10.5. The lowest BCUT2D eigenvalue weighted by Crippen LogP contribution is -2.46. The van der Waals surface area contributed by atoms with Crippen LogP contribution in [0, 0.1) is 6.92 Å². The minimum Gasteiger partial charge on any atom is -0.366 e. The molecule has 1 fully saturated rings. The van der Waals surface area contributed by atoms with Crippen molar-refractivity contribution >= 4 is 11.6 Å². The SMILES string of the molecule is CCN1CCN(c2cc(NCc3ccc(C)cc3)ncn2)CC1. The standard InChI is InChI=1S/C18H25N5/c1-3-22-8-10-23(11-9-22)18-12-17(20-14-21-18)19-13-16-6-4-15(2)5-7-16/h4-7,12,14H,3,8-11,13H2,1-2H3,(H,19,20,21). The van der Waals surface area contributed by atoms with E-state index < -0.39 is 0 Å². The Hall–Kier alpha value is -2.14. The number of nitrogens with zero attached hydrogens (tertiary/aromatic N) is 4. The maximum atomic E-state index is 4.44. The van der Waals surface area contributed by atoms with Gasteiger partial charge in [0.25, 0.3) is 0 Å². The molecule has 3 rings (SSSR count). The van der Waals surface area contributed by atoms with Crippen molar-refractivity contribution in [1.82, 2.24) is 14.9 Å². The zero-order chi connectivity index (χ0) is 16.1. The van der Waals surface area contributed by atoms with Gasteiger partial charge >= 0.3 is 0 Å². The summed E-state index contributed by atoms with van der Waals surface area (Å²) in [6, 6.07) is 10.6. The first-order valence-electron chi connectivity index (χ1n) is 8.33. The van der Waals surface area contributed by atoms with E-state index in [1.807, 2.05) is 0 Å². The Labute approximate surface area is 138 Å². The summed E-state index contributed by atoms with van der Waals surface area (Å²) in [5.41, 5.74) is 2.54. The number of anilines is 2. The van der Waals surface area contributed by atoms with Crippen molar-refractivity contribution in [3.8, 4) is 0 Å². The Morgan fingerprint density at radius 2 is 1.78 bits per heavy atom. The molecular formula is C18H25N5. The van der Waals surface area contributed by atoms with Gasteiger partial charge in [-0.2, -0.15) is 0 Å². The lowest BCUT2D eigenvalue weighted by atomic mass is 10.1. The molecule has 0 atom stereocenters. The molecule has 2 heterocycles. The van der Waals surface area contributed by atoms with Crippen molar-refractivity contribution < 1.29 is 0 Å². The van der Waals surface area contributed by atoms with Crippen molar-refractivity contribution in [2.45, 2.75) is 20.4 Å². The molecule has 2 aromatic rings. The molecule has 0 aliphatic carbocycles. The predicted molar refractivity (Wildman–Crippen MR) is 94.9 cm³/mol. The minimum atomic E-state index is 0.778. The monoisotopic (exact) mass is 311 g/mol. The fourth-order valence-corrected chi connectivity index (χ4v) is 2.81. The van der Waals surface area contributed by atoms with E-state index in [0.717, 1.165) is 50.9 Å². The highest BCUT2D eigenvalue weighted by atomic mass is 15.3. The Morgan fingerprint density at radius 3 is 2.48 bits per heavy atom. The fraction of sp³-hybridized carbons (Fsp3) is 0.444. The fourth-order valence-electron chi connectivity index (χ4n) is 2.81. The first-order chi connectivity index (χ1) is 11.2. The van der Waals surface area contributed by atoms with Crippen LogP contribution in [0.4, 0.5) is 11.6 Å². The third kappa shape index (κ3) is 4.20. The number of benzene rings is 1. The maximum absolute atomic E-state index is 4.44. The van der Waals surface area contributed by atoms with E-state index in [9.17, 15) is 0 Å². The third-order valence-corrected chi connectivity index (χ3v) is 4.39. The average Bonchev–Trinajstić information content (AvgIpc) is 2.61. The highest BCUT2D eigenvalue weighted by Crippen LogP contribution is 2.17. The molecule has 1 N–H and O–H groups in total. The van der Waals surface area contributed by atoms with E-state index in [4.69, 9.17) is 0 Å². The average molecular weight is 311 g/mol. The molecule has 122 valence electrons. The summed E-state index contributed by atoms with van der Waals surface area (Å²) in [7, 11) is 0. The normalized spacial score (nSPS) is 15.7. The van der Waals surface area contributed by atoms with E-state index in [1.165, 1.54) is 11.1 Å². The van der Waals surface area contributed by atoms with Gasteiger partial charge in [0.2, 0.25) is 0 Å². The van der Waals surface area contributed by atoms with Gasteiger partial charge in [0.05, 0.1) is 0 Å². The van der Waals surface area contributed by atoms with E-state index in [0.29, 0.717) is 0 Å². The van der Waals surface area contributed by atoms with Gasteiger partial charge in [-0.15, -0.1) is 0 Å². The van der Waals surface area contributed by atoms with Gasteiger partial charge in [-0.1, -0.05) is 36.8 Å². The molecule has 23 heavy (non-hydrogen) atoms. The van der Waals surface area contributed by atoms with Crippen LogP contribution in [0.3, 0.4) is 0 Å². The molecule has 0 amide bonds. The van der Waals surface area contributed by atoms with Gasteiger partial charge in [-0.25, -0.2) is 9.97 Å². The van der Waals surface area contributed by atoms with Crippen LogP contribution in [-0.4, -0.2) is 47.6 Å². The van der Waals surface area contributed by atoms with Crippen LogP contribution in [0.25, 0.3) is 0 Å². The van der Waals surface area contributed by atoms with Crippen molar-refractivity contribution in [3.63, 3.8) is 0 Å². The van der Waals surface area contributed by atoms with Crippen LogP contribution in [0.15, 0.2) is 36.7 Å². The molecule has 5 nitrogen and oxygen atoms in total. The first-order valence-corrected chi connectivity index (χ1v) is 8.33. The van der Waals surface area contributed by atoms with Gasteiger partial charge in [-0.05, 0) is 19.0 Å². The molecule has 1 aliphatic heterocycles. The molecule has 0 radical (unpaired) electrons. The summed E-state index contributed by atoms with van der Waals surface area (Å²) >= 11 is 0. The lowest BCUT2D eigenvalue weighted by molar-refractivity contribution is 0.270. The van der Waals surface area contributed by atoms with Gasteiger partial charge in [-0.3, -0.25) is 0 Å². The lowest BCUT2D eigenvalue weighted by Gasteiger charge is -2.34. The molecule has 5 heteroatoms. The third-order valence-electron chi connectivity index (χ3n) is 4.39.